The zero-order valence-electron chi connectivity index (χ0n) is 15.5. The molecule has 1 amide bonds. The topological polar surface area (TPSA) is 69.7 Å². The Bertz CT molecular complexity index is 544. The number of hydrogen-bond acceptors (Lipinski definition) is 3. The lowest BCUT2D eigenvalue weighted by atomic mass is 9.93. The van der Waals surface area contributed by atoms with Crippen LogP contribution in [-0.4, -0.2) is 55.2 Å². The molecule has 0 atom stereocenters. The van der Waals surface area contributed by atoms with Crippen LogP contribution in [-0.2, 0) is 15.0 Å². The molecule has 7 heteroatoms. The molecule has 2 aliphatic heterocycles. The smallest absolute Gasteiger partial charge is 0.281 e. The number of nitrogens with one attached hydrogen (secondary N) is 1. The van der Waals surface area contributed by atoms with Crippen LogP contribution in [0, 0.1) is 11.8 Å². The molecule has 0 radical (unpaired) electrons. The van der Waals surface area contributed by atoms with E-state index in [0.29, 0.717) is 51.0 Å². The summed E-state index contributed by atoms with van der Waals surface area (Å²) in [6.45, 7) is 4.38. The lowest BCUT2D eigenvalue weighted by Crippen LogP contribution is -2.51. The van der Waals surface area contributed by atoms with Crippen molar-refractivity contribution in [1.29, 1.82) is 0 Å². The Morgan fingerprint density at radius 3 is 1.92 bits per heavy atom. The molecule has 1 N–H and O–H groups in total. The Morgan fingerprint density at radius 1 is 0.840 bits per heavy atom. The maximum atomic E-state index is 12.8. The number of amides is 1. The number of piperidine rings is 2. The van der Waals surface area contributed by atoms with Crippen molar-refractivity contribution in [2.75, 3.05) is 26.2 Å². The van der Waals surface area contributed by atoms with Crippen molar-refractivity contribution >= 4 is 16.1 Å². The molecule has 25 heavy (non-hydrogen) atoms. The minimum absolute atomic E-state index is 0.0326. The van der Waals surface area contributed by atoms with Gasteiger partial charge in [-0.15, -0.1) is 0 Å². The number of carbonyl (C=O) groups excluding carboxylic acids is 1. The second kappa shape index (κ2) is 8.35. The number of nitrogens with zero attached hydrogens (tertiary/aromatic N) is 2. The Kier molecular flexibility index (Phi) is 6.39. The Hall–Kier alpha value is -0.660. The van der Waals surface area contributed by atoms with Gasteiger partial charge in [0.15, 0.2) is 0 Å². The predicted octanol–water partition coefficient (Wildman–Crippen LogP) is 2.12. The fourth-order valence-electron chi connectivity index (χ4n) is 4.29. The summed E-state index contributed by atoms with van der Waals surface area (Å²) in [6.07, 6.45) is 9.03. The number of rotatable bonds is 4. The third-order valence-electron chi connectivity index (χ3n) is 6.17. The molecular formula is C18H33N3O3S. The minimum atomic E-state index is -3.35. The van der Waals surface area contributed by atoms with Crippen LogP contribution in [0.25, 0.3) is 0 Å². The second-order valence-corrected chi connectivity index (χ2v) is 10.0. The van der Waals surface area contributed by atoms with Crippen LogP contribution in [0.3, 0.4) is 0 Å². The molecule has 3 aliphatic rings. The van der Waals surface area contributed by atoms with Crippen LogP contribution in [0.4, 0.5) is 0 Å². The van der Waals surface area contributed by atoms with Crippen molar-refractivity contribution in [2.24, 2.45) is 11.8 Å². The van der Waals surface area contributed by atoms with E-state index in [1.54, 1.807) is 8.61 Å². The van der Waals surface area contributed by atoms with Gasteiger partial charge in [-0.1, -0.05) is 26.2 Å². The molecule has 3 rings (SSSR count). The first-order valence-electron chi connectivity index (χ1n) is 10.0. The molecule has 6 nitrogen and oxygen atoms in total. The highest BCUT2D eigenvalue weighted by atomic mass is 32.2. The minimum Gasteiger partial charge on any atom is -0.353 e. The maximum Gasteiger partial charge on any atom is 0.281 e. The van der Waals surface area contributed by atoms with Gasteiger partial charge >= 0.3 is 0 Å². The van der Waals surface area contributed by atoms with Crippen LogP contribution in [0.1, 0.15) is 64.7 Å². The Morgan fingerprint density at radius 2 is 1.36 bits per heavy atom. The molecular weight excluding hydrogens is 338 g/mol. The van der Waals surface area contributed by atoms with Gasteiger partial charge in [0.25, 0.3) is 10.2 Å². The fourth-order valence-corrected chi connectivity index (χ4v) is 5.96. The lowest BCUT2D eigenvalue weighted by Gasteiger charge is -2.37. The molecule has 0 unspecified atom stereocenters. The van der Waals surface area contributed by atoms with Crippen LogP contribution in [0.15, 0.2) is 0 Å². The first-order valence-corrected chi connectivity index (χ1v) is 11.4. The van der Waals surface area contributed by atoms with Crippen molar-refractivity contribution < 1.29 is 13.2 Å². The summed E-state index contributed by atoms with van der Waals surface area (Å²) in [5, 5.41) is 3.19. The number of carbonyl (C=O) groups is 1. The van der Waals surface area contributed by atoms with Crippen LogP contribution in [0.5, 0.6) is 0 Å². The van der Waals surface area contributed by atoms with Crippen molar-refractivity contribution in [3.63, 3.8) is 0 Å². The van der Waals surface area contributed by atoms with Gasteiger partial charge < -0.3 is 5.32 Å². The van der Waals surface area contributed by atoms with E-state index in [1.165, 1.54) is 19.3 Å². The molecule has 2 heterocycles. The van der Waals surface area contributed by atoms with E-state index >= 15 is 0 Å². The fraction of sp³-hybridized carbons (Fsp3) is 0.944. The van der Waals surface area contributed by atoms with E-state index in [2.05, 4.69) is 12.2 Å². The highest BCUT2D eigenvalue weighted by Crippen LogP contribution is 2.26. The predicted molar refractivity (Wildman–Crippen MR) is 98.2 cm³/mol. The van der Waals surface area contributed by atoms with Gasteiger partial charge in [-0.25, -0.2) is 0 Å². The monoisotopic (exact) mass is 371 g/mol. The first-order chi connectivity index (χ1) is 12.0. The molecule has 0 aromatic carbocycles. The van der Waals surface area contributed by atoms with Gasteiger partial charge in [-0.05, 0) is 44.4 Å². The zero-order chi connectivity index (χ0) is 17.9. The van der Waals surface area contributed by atoms with Gasteiger partial charge in [-0.2, -0.15) is 17.0 Å². The zero-order valence-corrected chi connectivity index (χ0v) is 16.3. The molecule has 0 aromatic heterocycles. The second-order valence-electron chi connectivity index (χ2n) is 8.11. The van der Waals surface area contributed by atoms with E-state index in [9.17, 15) is 13.2 Å². The molecule has 0 aromatic rings. The van der Waals surface area contributed by atoms with Gasteiger partial charge in [0.2, 0.25) is 5.91 Å². The maximum absolute atomic E-state index is 12.8. The first kappa shape index (κ1) is 19.1. The van der Waals surface area contributed by atoms with Crippen LogP contribution < -0.4 is 5.32 Å². The summed E-state index contributed by atoms with van der Waals surface area (Å²) < 4.78 is 28.8. The average Bonchev–Trinajstić information content (AvgIpc) is 2.63. The van der Waals surface area contributed by atoms with E-state index in [4.69, 9.17) is 0 Å². The molecule has 2 saturated heterocycles. The number of hydrogen-bond donors (Lipinski definition) is 1. The largest absolute Gasteiger partial charge is 0.353 e. The standard InChI is InChI=1S/C18H33N3O3S/c1-15-7-11-20(12-8-15)25(23,24)21-13-9-16(10-14-21)18(22)19-17-5-3-2-4-6-17/h15-17H,2-14H2,1H3,(H,19,22). The van der Waals surface area contributed by atoms with Gasteiger partial charge in [-0.3, -0.25) is 4.79 Å². The third-order valence-corrected chi connectivity index (χ3v) is 8.21. The highest BCUT2D eigenvalue weighted by Gasteiger charge is 2.36. The van der Waals surface area contributed by atoms with E-state index in [0.717, 1.165) is 25.7 Å². The quantitative estimate of drug-likeness (QED) is 0.823. The summed E-state index contributed by atoms with van der Waals surface area (Å²) in [5.74, 6) is 0.714. The van der Waals surface area contributed by atoms with E-state index in [-0.39, 0.29) is 11.8 Å². The van der Waals surface area contributed by atoms with Crippen molar-refractivity contribution in [3.8, 4) is 0 Å². The highest BCUT2D eigenvalue weighted by molar-refractivity contribution is 7.86. The lowest BCUT2D eigenvalue weighted by molar-refractivity contribution is -0.127. The van der Waals surface area contributed by atoms with Crippen molar-refractivity contribution in [1.82, 2.24) is 13.9 Å². The van der Waals surface area contributed by atoms with Crippen molar-refractivity contribution in [3.05, 3.63) is 0 Å². The summed E-state index contributed by atoms with van der Waals surface area (Å²) in [4.78, 5) is 12.5. The normalized spacial score (nSPS) is 26.6. The van der Waals surface area contributed by atoms with Crippen LogP contribution >= 0.6 is 0 Å². The van der Waals surface area contributed by atoms with Gasteiger partial charge in [0.1, 0.15) is 0 Å². The van der Waals surface area contributed by atoms with Crippen molar-refractivity contribution in [2.45, 2.75) is 70.8 Å². The molecule has 0 bridgehead atoms. The molecule has 1 saturated carbocycles. The molecule has 144 valence electrons. The summed E-state index contributed by atoms with van der Waals surface area (Å²) >= 11 is 0. The summed E-state index contributed by atoms with van der Waals surface area (Å²) in [7, 11) is -3.35. The van der Waals surface area contributed by atoms with Crippen LogP contribution in [0.2, 0.25) is 0 Å². The Balaban J connectivity index is 1.48. The van der Waals surface area contributed by atoms with Gasteiger partial charge in [0.05, 0.1) is 0 Å². The summed E-state index contributed by atoms with van der Waals surface area (Å²) in [6, 6.07) is 0.332. The SMILES string of the molecule is CC1CCN(S(=O)(=O)N2CCC(C(=O)NC3CCCCC3)CC2)CC1. The average molecular weight is 372 g/mol. The van der Waals surface area contributed by atoms with E-state index < -0.39 is 10.2 Å². The Labute approximate surface area is 152 Å². The molecule has 1 aliphatic carbocycles. The third kappa shape index (κ3) is 4.74. The van der Waals surface area contributed by atoms with E-state index in [1.807, 2.05) is 0 Å². The molecule has 3 fully saturated rings. The van der Waals surface area contributed by atoms with Gasteiger partial charge in [0, 0.05) is 38.1 Å². The summed E-state index contributed by atoms with van der Waals surface area (Å²) in [5.41, 5.74) is 0. The molecule has 0 spiro atoms.